The number of nitrogens with zero attached hydrogens (tertiary/aromatic N) is 1. The second kappa shape index (κ2) is 6.56. The summed E-state index contributed by atoms with van der Waals surface area (Å²) in [6.45, 7) is 3.63. The van der Waals surface area contributed by atoms with Crippen molar-refractivity contribution in [3.63, 3.8) is 0 Å². The summed E-state index contributed by atoms with van der Waals surface area (Å²) in [6.07, 6.45) is -4.28. The molecule has 0 amide bonds. The van der Waals surface area contributed by atoms with Gasteiger partial charge < -0.3 is 10.1 Å². The molecule has 0 bridgehead atoms. The molecule has 1 N–H and O–H groups in total. The maximum atomic E-state index is 12.6. The maximum Gasteiger partial charge on any atom is 0.416 e. The number of nitrogens with one attached hydrogen (secondary N) is 1. The zero-order valence-corrected chi connectivity index (χ0v) is 11.4. The van der Waals surface area contributed by atoms with Gasteiger partial charge in [0.05, 0.1) is 18.8 Å². The molecule has 6 heteroatoms. The van der Waals surface area contributed by atoms with Crippen molar-refractivity contribution in [3.8, 4) is 0 Å². The number of ether oxygens (including phenoxy) is 1. The summed E-state index contributed by atoms with van der Waals surface area (Å²) < 4.78 is 43.1. The van der Waals surface area contributed by atoms with E-state index in [0.717, 1.165) is 30.8 Å². The largest absolute Gasteiger partial charge is 0.416 e. The Kier molecular flexibility index (Phi) is 5.01. The van der Waals surface area contributed by atoms with Gasteiger partial charge in [-0.1, -0.05) is 12.1 Å². The molecule has 0 aromatic heterocycles. The summed E-state index contributed by atoms with van der Waals surface area (Å²) in [5.41, 5.74) is 0.292. The minimum absolute atomic E-state index is 0.0752. The maximum absolute atomic E-state index is 12.6. The monoisotopic (exact) mass is 288 g/mol. The Morgan fingerprint density at radius 1 is 1.20 bits per heavy atom. The molecule has 2 rings (SSSR count). The Morgan fingerprint density at radius 2 is 1.80 bits per heavy atom. The van der Waals surface area contributed by atoms with Gasteiger partial charge in [-0.25, -0.2) is 0 Å². The van der Waals surface area contributed by atoms with E-state index in [2.05, 4.69) is 10.2 Å². The lowest BCUT2D eigenvalue weighted by Gasteiger charge is -2.34. The van der Waals surface area contributed by atoms with E-state index < -0.39 is 11.7 Å². The molecule has 1 aliphatic rings. The number of alkyl halides is 3. The number of likely N-dealkylation sites (N-methyl/N-ethyl adjacent to an activating group) is 1. The van der Waals surface area contributed by atoms with Crippen LogP contribution < -0.4 is 5.32 Å². The number of hydrogen-bond donors (Lipinski definition) is 1. The number of rotatable bonds is 4. The molecule has 20 heavy (non-hydrogen) atoms. The highest BCUT2D eigenvalue weighted by Gasteiger charge is 2.30. The van der Waals surface area contributed by atoms with Crippen molar-refractivity contribution in [1.82, 2.24) is 10.2 Å². The first-order chi connectivity index (χ1) is 9.52. The predicted molar refractivity (Wildman–Crippen MR) is 70.5 cm³/mol. The Balaban J connectivity index is 2.16. The first-order valence-corrected chi connectivity index (χ1v) is 6.66. The van der Waals surface area contributed by atoms with Crippen molar-refractivity contribution < 1.29 is 17.9 Å². The first-order valence-electron chi connectivity index (χ1n) is 6.66. The molecule has 1 fully saturated rings. The average Bonchev–Trinajstić information content (AvgIpc) is 2.45. The van der Waals surface area contributed by atoms with Crippen LogP contribution in [0, 0.1) is 0 Å². The van der Waals surface area contributed by atoms with E-state index in [-0.39, 0.29) is 6.04 Å². The first kappa shape index (κ1) is 15.3. The summed E-state index contributed by atoms with van der Waals surface area (Å²) in [5, 5.41) is 3.10. The highest BCUT2D eigenvalue weighted by Crippen LogP contribution is 2.30. The fourth-order valence-electron chi connectivity index (χ4n) is 2.43. The Hall–Kier alpha value is -1.11. The van der Waals surface area contributed by atoms with Crippen LogP contribution in [0.15, 0.2) is 24.3 Å². The summed E-state index contributed by atoms with van der Waals surface area (Å²) in [4.78, 5) is 2.24. The van der Waals surface area contributed by atoms with Gasteiger partial charge in [-0.3, -0.25) is 4.90 Å². The second-order valence-electron chi connectivity index (χ2n) is 4.84. The fourth-order valence-corrected chi connectivity index (χ4v) is 2.43. The van der Waals surface area contributed by atoms with Crippen molar-refractivity contribution in [2.24, 2.45) is 0 Å². The third-order valence-electron chi connectivity index (χ3n) is 3.51. The van der Waals surface area contributed by atoms with Crippen LogP contribution in [-0.4, -0.2) is 44.8 Å². The van der Waals surface area contributed by atoms with Crippen molar-refractivity contribution in [3.05, 3.63) is 35.4 Å². The SMILES string of the molecule is CNCC(c1ccc(C(F)(F)F)cc1)N1CCOCC1. The van der Waals surface area contributed by atoms with Crippen molar-refractivity contribution in [2.45, 2.75) is 12.2 Å². The third-order valence-corrected chi connectivity index (χ3v) is 3.51. The van der Waals surface area contributed by atoms with E-state index in [1.54, 1.807) is 12.1 Å². The molecule has 1 atom stereocenters. The smallest absolute Gasteiger partial charge is 0.379 e. The van der Waals surface area contributed by atoms with E-state index in [9.17, 15) is 13.2 Å². The molecule has 1 aromatic rings. The highest BCUT2D eigenvalue weighted by molar-refractivity contribution is 5.27. The molecule has 0 aliphatic carbocycles. The van der Waals surface area contributed by atoms with Gasteiger partial charge in [0.2, 0.25) is 0 Å². The fraction of sp³-hybridized carbons (Fsp3) is 0.571. The van der Waals surface area contributed by atoms with Crippen LogP contribution in [0.4, 0.5) is 13.2 Å². The van der Waals surface area contributed by atoms with Crippen LogP contribution >= 0.6 is 0 Å². The highest BCUT2D eigenvalue weighted by atomic mass is 19.4. The van der Waals surface area contributed by atoms with E-state index >= 15 is 0 Å². The lowest BCUT2D eigenvalue weighted by Crippen LogP contribution is -2.42. The quantitative estimate of drug-likeness (QED) is 0.920. The molecule has 1 aliphatic heterocycles. The molecular formula is C14H19F3N2O. The van der Waals surface area contributed by atoms with Gasteiger partial charge in [0.1, 0.15) is 0 Å². The minimum atomic E-state index is -4.28. The molecular weight excluding hydrogens is 269 g/mol. The molecule has 1 heterocycles. The van der Waals surface area contributed by atoms with Crippen LogP contribution in [0.1, 0.15) is 17.2 Å². The molecule has 1 aromatic carbocycles. The number of halogens is 3. The number of morpholine rings is 1. The average molecular weight is 288 g/mol. The lowest BCUT2D eigenvalue weighted by molar-refractivity contribution is -0.137. The Bertz CT molecular complexity index is 413. The molecule has 1 unspecified atom stereocenters. The van der Waals surface area contributed by atoms with Crippen molar-refractivity contribution in [2.75, 3.05) is 39.9 Å². The Labute approximate surface area is 116 Å². The zero-order valence-electron chi connectivity index (χ0n) is 11.4. The molecule has 3 nitrogen and oxygen atoms in total. The normalized spacial score (nSPS) is 19.0. The van der Waals surface area contributed by atoms with Gasteiger partial charge in [0.15, 0.2) is 0 Å². The van der Waals surface area contributed by atoms with Gasteiger partial charge in [-0.15, -0.1) is 0 Å². The lowest BCUT2D eigenvalue weighted by atomic mass is 10.0. The molecule has 0 saturated carbocycles. The van der Waals surface area contributed by atoms with E-state index in [0.29, 0.717) is 19.8 Å². The predicted octanol–water partition coefficient (Wildman–Crippen LogP) is 2.30. The van der Waals surface area contributed by atoms with Crippen LogP contribution in [0.3, 0.4) is 0 Å². The second-order valence-corrected chi connectivity index (χ2v) is 4.84. The number of hydrogen-bond acceptors (Lipinski definition) is 3. The third kappa shape index (κ3) is 3.71. The summed E-state index contributed by atoms with van der Waals surface area (Å²) >= 11 is 0. The molecule has 1 saturated heterocycles. The van der Waals surface area contributed by atoms with E-state index in [1.165, 1.54) is 0 Å². The molecule has 0 spiro atoms. The molecule has 112 valence electrons. The standard InChI is InChI=1S/C14H19F3N2O/c1-18-10-13(19-6-8-20-9-7-19)11-2-4-12(5-3-11)14(15,16)17/h2-5,13,18H,6-10H2,1H3. The van der Waals surface area contributed by atoms with Crippen LogP contribution in [0.25, 0.3) is 0 Å². The summed E-state index contributed by atoms with van der Waals surface area (Å²) in [6, 6.07) is 5.52. The van der Waals surface area contributed by atoms with Crippen molar-refractivity contribution >= 4 is 0 Å². The van der Waals surface area contributed by atoms with Crippen molar-refractivity contribution in [1.29, 1.82) is 0 Å². The van der Waals surface area contributed by atoms with Crippen LogP contribution in [0.2, 0.25) is 0 Å². The van der Waals surface area contributed by atoms with Gasteiger partial charge in [0, 0.05) is 25.7 Å². The number of benzene rings is 1. The van der Waals surface area contributed by atoms with E-state index in [4.69, 9.17) is 4.74 Å². The van der Waals surface area contributed by atoms with Crippen LogP contribution in [0.5, 0.6) is 0 Å². The Morgan fingerprint density at radius 3 is 2.30 bits per heavy atom. The van der Waals surface area contributed by atoms with Gasteiger partial charge in [-0.05, 0) is 24.7 Å². The van der Waals surface area contributed by atoms with Crippen LogP contribution in [-0.2, 0) is 10.9 Å². The summed E-state index contributed by atoms with van der Waals surface area (Å²) in [5.74, 6) is 0. The topological polar surface area (TPSA) is 24.5 Å². The summed E-state index contributed by atoms with van der Waals surface area (Å²) in [7, 11) is 1.84. The zero-order chi connectivity index (χ0) is 14.6. The van der Waals surface area contributed by atoms with Gasteiger partial charge >= 0.3 is 6.18 Å². The van der Waals surface area contributed by atoms with Gasteiger partial charge in [0.25, 0.3) is 0 Å². The molecule has 0 radical (unpaired) electrons. The van der Waals surface area contributed by atoms with Gasteiger partial charge in [-0.2, -0.15) is 13.2 Å². The minimum Gasteiger partial charge on any atom is -0.379 e. The van der Waals surface area contributed by atoms with E-state index in [1.807, 2.05) is 7.05 Å².